The van der Waals surface area contributed by atoms with E-state index in [2.05, 4.69) is 17.9 Å². The topological polar surface area (TPSA) is 29.5 Å². The second-order valence-electron chi connectivity index (χ2n) is 6.23. The fourth-order valence-electron chi connectivity index (χ4n) is 3.53. The lowest BCUT2D eigenvalue weighted by Gasteiger charge is -2.44. The maximum absolute atomic E-state index is 12.6. The Balaban J connectivity index is 1.65. The van der Waals surface area contributed by atoms with Crippen molar-refractivity contribution in [2.24, 2.45) is 0 Å². The van der Waals surface area contributed by atoms with Crippen molar-refractivity contribution in [2.45, 2.75) is 57.7 Å². The molecule has 3 rings (SSSR count). The Labute approximate surface area is 138 Å². The highest BCUT2D eigenvalue weighted by Gasteiger charge is 2.37. The van der Waals surface area contributed by atoms with Crippen LogP contribution in [0, 0.1) is 11.8 Å². The van der Waals surface area contributed by atoms with Crippen LogP contribution >= 0.6 is 0 Å². The van der Waals surface area contributed by atoms with Crippen LogP contribution in [0.2, 0.25) is 0 Å². The zero-order valence-electron chi connectivity index (χ0n) is 13.6. The lowest BCUT2D eigenvalue weighted by Crippen LogP contribution is -2.51. The second-order valence-corrected chi connectivity index (χ2v) is 6.23. The molecule has 0 saturated carbocycles. The monoisotopic (exact) mass is 309 g/mol. The number of fused-ring (bicyclic) bond motifs is 2. The molecule has 3 heteroatoms. The third-order valence-electron chi connectivity index (χ3n) is 4.62. The van der Waals surface area contributed by atoms with Gasteiger partial charge in [-0.25, -0.2) is 4.79 Å². The van der Waals surface area contributed by atoms with Crippen LogP contribution in [0.1, 0.15) is 44.6 Å². The maximum atomic E-state index is 12.6. The van der Waals surface area contributed by atoms with E-state index >= 15 is 0 Å². The van der Waals surface area contributed by atoms with Gasteiger partial charge in [-0.3, -0.25) is 4.90 Å². The molecule has 0 aliphatic carbocycles. The Hall–Kier alpha value is -2.21. The minimum atomic E-state index is -0.180. The number of nitrogens with zero attached hydrogens (tertiary/aromatic N) is 1. The SMILES string of the molecule is CC#CCC1=CC2CCCC(C1)N2C(=O)OCc1ccccc1. The van der Waals surface area contributed by atoms with Crippen LogP contribution in [0.4, 0.5) is 4.79 Å². The molecule has 1 saturated heterocycles. The quantitative estimate of drug-likeness (QED) is 0.616. The van der Waals surface area contributed by atoms with Gasteiger partial charge in [0.15, 0.2) is 0 Å². The predicted octanol–water partition coefficient (Wildman–Crippen LogP) is 4.29. The first kappa shape index (κ1) is 15.7. The van der Waals surface area contributed by atoms with E-state index in [1.807, 2.05) is 42.2 Å². The van der Waals surface area contributed by atoms with Crippen LogP contribution < -0.4 is 0 Å². The number of benzene rings is 1. The maximum Gasteiger partial charge on any atom is 0.410 e. The van der Waals surface area contributed by atoms with Crippen LogP contribution in [0.3, 0.4) is 0 Å². The summed E-state index contributed by atoms with van der Waals surface area (Å²) >= 11 is 0. The van der Waals surface area contributed by atoms with Crippen LogP contribution in [0.25, 0.3) is 0 Å². The number of ether oxygens (including phenoxy) is 1. The minimum absolute atomic E-state index is 0.180. The Morgan fingerprint density at radius 2 is 2.13 bits per heavy atom. The van der Waals surface area contributed by atoms with Gasteiger partial charge in [0.2, 0.25) is 0 Å². The third-order valence-corrected chi connectivity index (χ3v) is 4.62. The normalized spacial score (nSPS) is 22.7. The molecule has 2 aliphatic rings. The Kier molecular flexibility index (Phi) is 5.02. The molecule has 1 fully saturated rings. The Bertz CT molecular complexity index is 639. The van der Waals surface area contributed by atoms with E-state index < -0.39 is 0 Å². The highest BCUT2D eigenvalue weighted by Crippen LogP contribution is 2.34. The van der Waals surface area contributed by atoms with E-state index in [0.29, 0.717) is 6.61 Å². The largest absolute Gasteiger partial charge is 0.445 e. The Morgan fingerprint density at radius 1 is 1.30 bits per heavy atom. The number of carbonyl (C=O) groups excluding carboxylic acids is 1. The molecule has 0 spiro atoms. The lowest BCUT2D eigenvalue weighted by atomic mass is 9.84. The average molecular weight is 309 g/mol. The van der Waals surface area contributed by atoms with Gasteiger partial charge in [-0.15, -0.1) is 5.92 Å². The van der Waals surface area contributed by atoms with Crippen LogP contribution in [0.15, 0.2) is 42.0 Å². The summed E-state index contributed by atoms with van der Waals surface area (Å²) in [5.41, 5.74) is 2.40. The van der Waals surface area contributed by atoms with Gasteiger partial charge in [-0.2, -0.15) is 0 Å². The third kappa shape index (κ3) is 3.76. The van der Waals surface area contributed by atoms with Gasteiger partial charge in [0.1, 0.15) is 6.61 Å². The molecular weight excluding hydrogens is 286 g/mol. The fraction of sp³-hybridized carbons (Fsp3) is 0.450. The minimum Gasteiger partial charge on any atom is -0.445 e. The second kappa shape index (κ2) is 7.37. The standard InChI is InChI=1S/C20H23NO2/c1-2-3-8-17-13-18-11-7-12-19(14-17)21(18)20(22)23-15-16-9-5-4-6-10-16/h4-6,9-10,13,18-19H,7-8,11-12,14-15H2,1H3. The van der Waals surface area contributed by atoms with Crippen molar-refractivity contribution >= 4 is 6.09 Å². The first-order valence-electron chi connectivity index (χ1n) is 8.36. The number of hydrogen-bond acceptors (Lipinski definition) is 2. The molecule has 2 heterocycles. The first-order chi connectivity index (χ1) is 11.3. The van der Waals surface area contributed by atoms with E-state index in [1.54, 1.807) is 0 Å². The molecular formula is C20H23NO2. The van der Waals surface area contributed by atoms with Crippen molar-refractivity contribution in [1.82, 2.24) is 4.90 Å². The summed E-state index contributed by atoms with van der Waals surface area (Å²) in [5.74, 6) is 6.10. The van der Waals surface area contributed by atoms with Gasteiger partial charge < -0.3 is 4.74 Å². The molecule has 1 aromatic carbocycles. The molecule has 23 heavy (non-hydrogen) atoms. The molecule has 0 N–H and O–H groups in total. The number of rotatable bonds is 3. The van der Waals surface area contributed by atoms with Crippen molar-refractivity contribution in [1.29, 1.82) is 0 Å². The molecule has 1 amide bonds. The molecule has 1 aromatic rings. The van der Waals surface area contributed by atoms with E-state index in [0.717, 1.165) is 31.2 Å². The first-order valence-corrected chi connectivity index (χ1v) is 8.36. The van der Waals surface area contributed by atoms with Gasteiger partial charge in [0.25, 0.3) is 0 Å². The molecule has 2 aliphatic heterocycles. The zero-order valence-corrected chi connectivity index (χ0v) is 13.6. The average Bonchev–Trinajstić information content (AvgIpc) is 2.58. The van der Waals surface area contributed by atoms with E-state index in [-0.39, 0.29) is 18.2 Å². The Morgan fingerprint density at radius 3 is 2.87 bits per heavy atom. The van der Waals surface area contributed by atoms with Crippen LogP contribution in [-0.4, -0.2) is 23.1 Å². The summed E-state index contributed by atoms with van der Waals surface area (Å²) in [6.45, 7) is 2.21. The number of amides is 1. The molecule has 2 bridgehead atoms. The summed E-state index contributed by atoms with van der Waals surface area (Å²) in [4.78, 5) is 14.5. The lowest BCUT2D eigenvalue weighted by molar-refractivity contribution is 0.0481. The van der Waals surface area contributed by atoms with Gasteiger partial charge >= 0.3 is 6.09 Å². The number of piperidine rings is 1. The molecule has 2 atom stereocenters. The van der Waals surface area contributed by atoms with E-state index in [4.69, 9.17) is 4.74 Å². The molecule has 120 valence electrons. The van der Waals surface area contributed by atoms with Crippen LogP contribution in [-0.2, 0) is 11.3 Å². The van der Waals surface area contributed by atoms with Gasteiger partial charge in [-0.1, -0.05) is 47.9 Å². The van der Waals surface area contributed by atoms with Crippen LogP contribution in [0.5, 0.6) is 0 Å². The molecule has 2 unspecified atom stereocenters. The summed E-state index contributed by atoms with van der Waals surface area (Å²) in [6, 6.07) is 10.3. The molecule has 0 radical (unpaired) electrons. The summed E-state index contributed by atoms with van der Waals surface area (Å²) in [6.07, 6.45) is 7.10. The van der Waals surface area contributed by atoms with E-state index in [1.165, 1.54) is 12.0 Å². The summed E-state index contributed by atoms with van der Waals surface area (Å²) < 4.78 is 5.55. The van der Waals surface area contributed by atoms with Crippen molar-refractivity contribution < 1.29 is 9.53 Å². The summed E-state index contributed by atoms with van der Waals surface area (Å²) in [7, 11) is 0. The molecule has 0 aromatic heterocycles. The van der Waals surface area contributed by atoms with Crippen molar-refractivity contribution in [3.8, 4) is 11.8 Å². The van der Waals surface area contributed by atoms with Gasteiger partial charge in [-0.05, 0) is 38.2 Å². The molecule has 3 nitrogen and oxygen atoms in total. The van der Waals surface area contributed by atoms with Gasteiger partial charge in [0, 0.05) is 12.5 Å². The highest BCUT2D eigenvalue weighted by molar-refractivity contribution is 5.69. The summed E-state index contributed by atoms with van der Waals surface area (Å²) in [5, 5.41) is 0. The number of hydrogen-bond donors (Lipinski definition) is 0. The van der Waals surface area contributed by atoms with Crippen molar-refractivity contribution in [3.05, 3.63) is 47.5 Å². The fourth-order valence-corrected chi connectivity index (χ4v) is 3.53. The van der Waals surface area contributed by atoms with Crippen molar-refractivity contribution in [2.75, 3.05) is 0 Å². The predicted molar refractivity (Wildman–Crippen MR) is 90.7 cm³/mol. The number of carbonyl (C=O) groups is 1. The van der Waals surface area contributed by atoms with E-state index in [9.17, 15) is 4.79 Å². The van der Waals surface area contributed by atoms with Crippen molar-refractivity contribution in [3.63, 3.8) is 0 Å². The smallest absolute Gasteiger partial charge is 0.410 e. The van der Waals surface area contributed by atoms with Gasteiger partial charge in [0.05, 0.1) is 6.04 Å². The zero-order chi connectivity index (χ0) is 16.1. The highest BCUT2D eigenvalue weighted by atomic mass is 16.6.